The van der Waals surface area contributed by atoms with Gasteiger partial charge < -0.3 is 5.73 Å². The molecule has 0 heterocycles. The average molecular weight is 207 g/mol. The second kappa shape index (κ2) is 5.14. The lowest BCUT2D eigenvalue weighted by Crippen LogP contribution is -2.23. The molecule has 1 aromatic rings. The van der Waals surface area contributed by atoms with E-state index in [1.165, 1.54) is 11.9 Å². The van der Waals surface area contributed by atoms with Crippen molar-refractivity contribution >= 4 is 18.0 Å². The zero-order chi connectivity index (χ0) is 10.4. The number of nitrogens with one attached hydrogen (secondary N) is 1. The van der Waals surface area contributed by atoms with Crippen molar-refractivity contribution < 1.29 is 4.79 Å². The maximum atomic E-state index is 10.4. The van der Waals surface area contributed by atoms with E-state index in [0.717, 1.165) is 5.56 Å². The maximum Gasteiger partial charge on any atom is 0.322 e. The van der Waals surface area contributed by atoms with E-state index >= 15 is 0 Å². The molecule has 0 bridgehead atoms. The van der Waals surface area contributed by atoms with Crippen LogP contribution < -0.4 is 10.5 Å². The Labute approximate surface area is 86.2 Å². The van der Waals surface area contributed by atoms with Gasteiger partial charge in [0.25, 0.3) is 0 Å². The van der Waals surface area contributed by atoms with Gasteiger partial charge in [0.2, 0.25) is 0 Å². The fourth-order valence-corrected chi connectivity index (χ4v) is 1.56. The summed E-state index contributed by atoms with van der Waals surface area (Å²) in [5, 5.41) is 8.76. The Kier molecular flexibility index (Phi) is 3.83. The monoisotopic (exact) mass is 207 g/mol. The van der Waals surface area contributed by atoms with Crippen molar-refractivity contribution in [3.05, 3.63) is 35.4 Å². The van der Waals surface area contributed by atoms with E-state index in [-0.39, 0.29) is 0 Å². The summed E-state index contributed by atoms with van der Waals surface area (Å²) in [6.45, 7) is 0. The predicted molar refractivity (Wildman–Crippen MR) is 55.2 cm³/mol. The highest BCUT2D eigenvalue weighted by Crippen LogP contribution is 2.13. The molecule has 0 saturated carbocycles. The lowest BCUT2D eigenvalue weighted by molar-refractivity contribution is 0.254. The number of nitriles is 1. The summed E-state index contributed by atoms with van der Waals surface area (Å²) in [6, 6.07) is 8.72. The van der Waals surface area contributed by atoms with E-state index in [4.69, 9.17) is 11.0 Å². The van der Waals surface area contributed by atoms with Crippen molar-refractivity contribution in [2.24, 2.45) is 5.73 Å². The number of primary amides is 1. The van der Waals surface area contributed by atoms with Crippen molar-refractivity contribution in [2.45, 2.75) is 5.75 Å². The second-order valence-corrected chi connectivity index (χ2v) is 3.31. The molecular formula is C9H9N3OS. The minimum Gasteiger partial charge on any atom is -0.351 e. The largest absolute Gasteiger partial charge is 0.351 e. The van der Waals surface area contributed by atoms with Crippen LogP contribution in [0.3, 0.4) is 0 Å². The number of nitrogens with zero attached hydrogens (tertiary/aromatic N) is 1. The molecule has 3 N–H and O–H groups in total. The van der Waals surface area contributed by atoms with Gasteiger partial charge in [0, 0.05) is 5.75 Å². The molecule has 0 spiro atoms. The van der Waals surface area contributed by atoms with Gasteiger partial charge in [0.15, 0.2) is 0 Å². The quantitative estimate of drug-likeness (QED) is 0.735. The van der Waals surface area contributed by atoms with Gasteiger partial charge in [-0.05, 0) is 23.6 Å². The molecule has 4 nitrogen and oxygen atoms in total. The summed E-state index contributed by atoms with van der Waals surface area (Å²) >= 11 is 1.17. The Morgan fingerprint density at radius 3 is 2.93 bits per heavy atom. The van der Waals surface area contributed by atoms with Gasteiger partial charge in [-0.15, -0.1) is 0 Å². The molecule has 1 aromatic carbocycles. The van der Waals surface area contributed by atoms with Crippen LogP contribution in [0.4, 0.5) is 4.79 Å². The Hall–Kier alpha value is -1.67. The lowest BCUT2D eigenvalue weighted by Gasteiger charge is -2.02. The van der Waals surface area contributed by atoms with Crippen LogP contribution in [-0.2, 0) is 5.75 Å². The Balaban J connectivity index is 2.59. The van der Waals surface area contributed by atoms with Crippen molar-refractivity contribution in [3.8, 4) is 6.07 Å². The molecular weight excluding hydrogens is 198 g/mol. The topological polar surface area (TPSA) is 78.9 Å². The highest BCUT2D eigenvalue weighted by molar-refractivity contribution is 7.97. The third-order valence-corrected chi connectivity index (χ3v) is 2.34. The summed E-state index contributed by atoms with van der Waals surface area (Å²) in [5.41, 5.74) is 6.39. The Morgan fingerprint density at radius 2 is 2.29 bits per heavy atom. The normalized spacial score (nSPS) is 9.07. The summed E-state index contributed by atoms with van der Waals surface area (Å²) in [7, 11) is 0. The molecule has 14 heavy (non-hydrogen) atoms. The molecule has 0 saturated heterocycles. The minimum atomic E-state index is -0.579. The van der Waals surface area contributed by atoms with Crippen LogP contribution >= 0.6 is 11.9 Å². The Bertz CT molecular complexity index is 373. The molecule has 0 aromatic heterocycles. The number of nitrogens with two attached hydrogens (primary N) is 1. The maximum absolute atomic E-state index is 10.4. The molecule has 5 heteroatoms. The Morgan fingerprint density at radius 1 is 1.57 bits per heavy atom. The fourth-order valence-electron chi connectivity index (χ4n) is 0.940. The number of carbonyl (C=O) groups is 1. The number of carbonyl (C=O) groups excluding carboxylic acids is 1. The van der Waals surface area contributed by atoms with Crippen LogP contribution in [0.2, 0.25) is 0 Å². The third-order valence-electron chi connectivity index (χ3n) is 1.54. The number of amides is 2. The minimum absolute atomic E-state index is 0.534. The number of hydrogen-bond donors (Lipinski definition) is 2. The molecule has 0 fully saturated rings. The first-order valence-corrected chi connectivity index (χ1v) is 4.88. The first-order chi connectivity index (χ1) is 6.74. The number of urea groups is 1. The first kappa shape index (κ1) is 10.4. The summed E-state index contributed by atoms with van der Waals surface area (Å²) in [4.78, 5) is 10.4. The summed E-state index contributed by atoms with van der Waals surface area (Å²) in [5.74, 6) is 0.534. The first-order valence-electron chi connectivity index (χ1n) is 3.89. The molecule has 0 aliphatic heterocycles. The number of rotatable bonds is 3. The fraction of sp³-hybridized carbons (Fsp3) is 0.111. The van der Waals surface area contributed by atoms with E-state index < -0.39 is 6.03 Å². The van der Waals surface area contributed by atoms with Crippen LogP contribution in [0.5, 0.6) is 0 Å². The highest BCUT2D eigenvalue weighted by atomic mass is 32.2. The van der Waals surface area contributed by atoms with Crippen molar-refractivity contribution in [1.82, 2.24) is 4.72 Å². The van der Waals surface area contributed by atoms with Crippen LogP contribution in [0, 0.1) is 11.3 Å². The zero-order valence-corrected chi connectivity index (χ0v) is 8.17. The molecule has 1 rings (SSSR count). The SMILES string of the molecule is N#Cc1ccccc1CSNC(N)=O. The molecule has 0 radical (unpaired) electrons. The van der Waals surface area contributed by atoms with E-state index in [0.29, 0.717) is 11.3 Å². The highest BCUT2D eigenvalue weighted by Gasteiger charge is 2.00. The van der Waals surface area contributed by atoms with E-state index in [2.05, 4.69) is 10.8 Å². The summed E-state index contributed by atoms with van der Waals surface area (Å²) < 4.78 is 2.39. The van der Waals surface area contributed by atoms with Gasteiger partial charge >= 0.3 is 6.03 Å². The molecule has 2 amide bonds. The molecule has 72 valence electrons. The van der Waals surface area contributed by atoms with Gasteiger partial charge in [-0.3, -0.25) is 4.72 Å². The van der Waals surface area contributed by atoms with Crippen molar-refractivity contribution in [3.63, 3.8) is 0 Å². The second-order valence-electron chi connectivity index (χ2n) is 2.52. The van der Waals surface area contributed by atoms with E-state index in [1.54, 1.807) is 12.1 Å². The summed E-state index contributed by atoms with van der Waals surface area (Å²) in [6.07, 6.45) is 0. The van der Waals surface area contributed by atoms with Crippen LogP contribution in [-0.4, -0.2) is 6.03 Å². The van der Waals surface area contributed by atoms with Crippen molar-refractivity contribution in [1.29, 1.82) is 5.26 Å². The van der Waals surface area contributed by atoms with Gasteiger partial charge in [-0.25, -0.2) is 4.79 Å². The van der Waals surface area contributed by atoms with Crippen molar-refractivity contribution in [2.75, 3.05) is 0 Å². The zero-order valence-electron chi connectivity index (χ0n) is 7.36. The van der Waals surface area contributed by atoms with Crippen LogP contribution in [0.15, 0.2) is 24.3 Å². The standard InChI is InChI=1S/C9H9N3OS/c10-5-7-3-1-2-4-8(7)6-14-12-9(11)13/h1-4H,6H2,(H3,11,12,13). The van der Waals surface area contributed by atoms with E-state index in [9.17, 15) is 4.79 Å². The lowest BCUT2D eigenvalue weighted by atomic mass is 10.1. The number of benzene rings is 1. The molecule has 0 aliphatic carbocycles. The predicted octanol–water partition coefficient (Wildman–Crippen LogP) is 1.37. The third kappa shape index (κ3) is 2.99. The molecule has 0 atom stereocenters. The van der Waals surface area contributed by atoms with E-state index in [1.807, 2.05) is 12.1 Å². The van der Waals surface area contributed by atoms with Crippen LogP contribution in [0.1, 0.15) is 11.1 Å². The van der Waals surface area contributed by atoms with Gasteiger partial charge in [0.1, 0.15) is 0 Å². The molecule has 0 unspecified atom stereocenters. The van der Waals surface area contributed by atoms with Gasteiger partial charge in [0.05, 0.1) is 11.6 Å². The molecule has 0 aliphatic rings. The number of hydrogen-bond acceptors (Lipinski definition) is 3. The smallest absolute Gasteiger partial charge is 0.322 e. The van der Waals surface area contributed by atoms with Gasteiger partial charge in [-0.2, -0.15) is 5.26 Å². The average Bonchev–Trinajstić information content (AvgIpc) is 2.18. The van der Waals surface area contributed by atoms with Crippen LogP contribution in [0.25, 0.3) is 0 Å². The van der Waals surface area contributed by atoms with Gasteiger partial charge in [-0.1, -0.05) is 18.2 Å².